The predicted molar refractivity (Wildman–Crippen MR) is 125 cm³/mol. The molecule has 0 bridgehead atoms. The molecule has 1 fully saturated rings. The number of rotatable bonds is 12. The summed E-state index contributed by atoms with van der Waals surface area (Å²) in [5, 5.41) is 9.62. The number of carbonyl (C=O) groups excluding carboxylic acids is 1. The van der Waals surface area contributed by atoms with Crippen LogP contribution in [0, 0.1) is 5.92 Å². The lowest BCUT2D eigenvalue weighted by atomic mass is 10.0. The van der Waals surface area contributed by atoms with Crippen LogP contribution in [-0.2, 0) is 16.0 Å². The predicted octanol–water partition coefficient (Wildman–Crippen LogP) is 3.10. The lowest BCUT2D eigenvalue weighted by molar-refractivity contribution is 0.0203. The highest BCUT2D eigenvalue weighted by Gasteiger charge is 2.13. The van der Waals surface area contributed by atoms with Crippen molar-refractivity contribution < 1.29 is 14.3 Å². The fraction of sp³-hybridized carbons (Fsp3) is 0.667. The Balaban J connectivity index is 1.70. The van der Waals surface area contributed by atoms with E-state index in [2.05, 4.69) is 34.8 Å². The zero-order valence-corrected chi connectivity index (χ0v) is 19.4. The summed E-state index contributed by atoms with van der Waals surface area (Å²) in [4.78, 5) is 16.8. The third-order valence-electron chi connectivity index (χ3n) is 5.42. The molecule has 1 atom stereocenters. The molecule has 1 amide bonds. The Hall–Kier alpha value is -2.12. The number of guanidine groups is 1. The van der Waals surface area contributed by atoms with E-state index in [1.807, 2.05) is 31.2 Å². The minimum atomic E-state index is -0.0292. The number of carbonyl (C=O) groups is 1. The number of nitrogens with zero attached hydrogens (tertiary/aromatic N) is 1. The van der Waals surface area contributed by atoms with E-state index in [1.165, 1.54) is 0 Å². The van der Waals surface area contributed by atoms with Crippen LogP contribution in [0.5, 0.6) is 0 Å². The van der Waals surface area contributed by atoms with Crippen molar-refractivity contribution in [3.63, 3.8) is 0 Å². The standard InChI is InChI=1S/C24H40N4O3/c1-4-19(3)28-23(29)22-9-7-20(8-10-22)17-27-24(25-5-2)26-13-6-14-31-18-21-11-15-30-16-12-21/h7-10,19,21H,4-6,11-18H2,1-3H3,(H,28,29)(H2,25,26,27). The highest BCUT2D eigenvalue weighted by molar-refractivity contribution is 5.94. The van der Waals surface area contributed by atoms with Gasteiger partial charge in [0.15, 0.2) is 5.96 Å². The van der Waals surface area contributed by atoms with Crippen molar-refractivity contribution in [2.75, 3.05) is 39.5 Å². The van der Waals surface area contributed by atoms with Gasteiger partial charge in [0.2, 0.25) is 0 Å². The van der Waals surface area contributed by atoms with Crippen LogP contribution in [0.25, 0.3) is 0 Å². The van der Waals surface area contributed by atoms with Gasteiger partial charge in [0.25, 0.3) is 5.91 Å². The van der Waals surface area contributed by atoms with Gasteiger partial charge < -0.3 is 25.4 Å². The van der Waals surface area contributed by atoms with Crippen molar-refractivity contribution in [1.82, 2.24) is 16.0 Å². The SMILES string of the molecule is CCNC(=NCc1ccc(C(=O)NC(C)CC)cc1)NCCCOCC1CCOCC1. The number of nitrogens with one attached hydrogen (secondary N) is 3. The molecule has 1 heterocycles. The molecule has 1 saturated heterocycles. The molecule has 7 heteroatoms. The summed E-state index contributed by atoms with van der Waals surface area (Å²) in [7, 11) is 0. The van der Waals surface area contributed by atoms with E-state index in [1.54, 1.807) is 0 Å². The Morgan fingerprint density at radius 3 is 2.61 bits per heavy atom. The van der Waals surface area contributed by atoms with Gasteiger partial charge >= 0.3 is 0 Å². The number of aliphatic imine (C=N–C) groups is 1. The fourth-order valence-electron chi connectivity index (χ4n) is 3.23. The average molecular weight is 433 g/mol. The van der Waals surface area contributed by atoms with Crippen molar-refractivity contribution >= 4 is 11.9 Å². The molecule has 1 aliphatic rings. The number of hydrogen-bond acceptors (Lipinski definition) is 4. The van der Waals surface area contributed by atoms with Crippen molar-refractivity contribution in [3.8, 4) is 0 Å². The molecule has 1 aliphatic heterocycles. The molecule has 0 saturated carbocycles. The van der Waals surface area contributed by atoms with E-state index >= 15 is 0 Å². The summed E-state index contributed by atoms with van der Waals surface area (Å²) in [6, 6.07) is 7.82. The van der Waals surface area contributed by atoms with E-state index in [9.17, 15) is 4.79 Å². The summed E-state index contributed by atoms with van der Waals surface area (Å²) >= 11 is 0. The molecular weight excluding hydrogens is 392 g/mol. The summed E-state index contributed by atoms with van der Waals surface area (Å²) < 4.78 is 11.2. The number of ether oxygens (including phenoxy) is 2. The number of benzene rings is 1. The second-order valence-corrected chi connectivity index (χ2v) is 8.09. The molecular formula is C24H40N4O3. The van der Waals surface area contributed by atoms with Crippen LogP contribution in [-0.4, -0.2) is 57.4 Å². The second kappa shape index (κ2) is 14.8. The molecule has 31 heavy (non-hydrogen) atoms. The van der Waals surface area contributed by atoms with Gasteiger partial charge in [-0.3, -0.25) is 4.79 Å². The van der Waals surface area contributed by atoms with Crippen LogP contribution in [0.4, 0.5) is 0 Å². The second-order valence-electron chi connectivity index (χ2n) is 8.09. The average Bonchev–Trinajstić information content (AvgIpc) is 2.80. The van der Waals surface area contributed by atoms with Gasteiger partial charge in [-0.05, 0) is 63.1 Å². The normalized spacial score (nSPS) is 16.0. The van der Waals surface area contributed by atoms with Crippen molar-refractivity contribution in [2.45, 2.75) is 59.0 Å². The summed E-state index contributed by atoms with van der Waals surface area (Å²) in [6.07, 6.45) is 4.08. The molecule has 1 unspecified atom stereocenters. The van der Waals surface area contributed by atoms with Gasteiger partial charge in [0, 0.05) is 51.1 Å². The number of amides is 1. The molecule has 1 aromatic carbocycles. The minimum Gasteiger partial charge on any atom is -0.381 e. The molecule has 1 aromatic rings. The van der Waals surface area contributed by atoms with Crippen LogP contribution in [0.2, 0.25) is 0 Å². The monoisotopic (exact) mass is 432 g/mol. The first kappa shape index (κ1) is 25.1. The first-order valence-corrected chi connectivity index (χ1v) is 11.7. The van der Waals surface area contributed by atoms with E-state index < -0.39 is 0 Å². The molecule has 7 nitrogen and oxygen atoms in total. The summed E-state index contributed by atoms with van der Waals surface area (Å²) in [5.74, 6) is 1.41. The third kappa shape index (κ3) is 10.2. The minimum absolute atomic E-state index is 0.0292. The lowest BCUT2D eigenvalue weighted by Crippen LogP contribution is -2.38. The molecule has 0 aromatic heterocycles. The smallest absolute Gasteiger partial charge is 0.251 e. The van der Waals surface area contributed by atoms with E-state index in [4.69, 9.17) is 9.47 Å². The third-order valence-corrected chi connectivity index (χ3v) is 5.42. The van der Waals surface area contributed by atoms with Gasteiger partial charge in [0.05, 0.1) is 6.54 Å². The van der Waals surface area contributed by atoms with Crippen LogP contribution in [0.1, 0.15) is 62.4 Å². The Morgan fingerprint density at radius 2 is 1.94 bits per heavy atom. The Bertz CT molecular complexity index is 657. The first-order valence-electron chi connectivity index (χ1n) is 11.7. The quantitative estimate of drug-likeness (QED) is 0.269. The van der Waals surface area contributed by atoms with Gasteiger partial charge in [0.1, 0.15) is 0 Å². The van der Waals surface area contributed by atoms with E-state index in [-0.39, 0.29) is 11.9 Å². The topological polar surface area (TPSA) is 84.0 Å². The largest absolute Gasteiger partial charge is 0.381 e. The molecule has 0 radical (unpaired) electrons. The van der Waals surface area contributed by atoms with Crippen LogP contribution in [0.15, 0.2) is 29.3 Å². The highest BCUT2D eigenvalue weighted by Crippen LogP contribution is 2.14. The highest BCUT2D eigenvalue weighted by atomic mass is 16.5. The van der Waals surface area contributed by atoms with Gasteiger partial charge in [-0.2, -0.15) is 0 Å². The zero-order valence-electron chi connectivity index (χ0n) is 19.4. The van der Waals surface area contributed by atoms with E-state index in [0.717, 1.165) is 76.7 Å². The van der Waals surface area contributed by atoms with Gasteiger partial charge in [-0.1, -0.05) is 19.1 Å². The molecule has 0 spiro atoms. The van der Waals surface area contributed by atoms with E-state index in [0.29, 0.717) is 18.0 Å². The maximum absolute atomic E-state index is 12.2. The van der Waals surface area contributed by atoms with Crippen molar-refractivity contribution in [3.05, 3.63) is 35.4 Å². The summed E-state index contributed by atoms with van der Waals surface area (Å²) in [6.45, 7) is 11.6. The fourth-order valence-corrected chi connectivity index (χ4v) is 3.23. The van der Waals surface area contributed by atoms with Crippen molar-refractivity contribution in [1.29, 1.82) is 0 Å². The molecule has 2 rings (SSSR count). The van der Waals surface area contributed by atoms with Crippen molar-refractivity contribution in [2.24, 2.45) is 10.9 Å². The van der Waals surface area contributed by atoms with Crippen LogP contribution < -0.4 is 16.0 Å². The first-order chi connectivity index (χ1) is 15.1. The molecule has 0 aliphatic carbocycles. The zero-order chi connectivity index (χ0) is 22.3. The summed E-state index contributed by atoms with van der Waals surface area (Å²) in [5.41, 5.74) is 1.75. The maximum atomic E-state index is 12.2. The van der Waals surface area contributed by atoms with Crippen LogP contribution >= 0.6 is 0 Å². The van der Waals surface area contributed by atoms with Gasteiger partial charge in [-0.25, -0.2) is 4.99 Å². The Morgan fingerprint density at radius 1 is 1.19 bits per heavy atom. The Labute approximate surface area is 187 Å². The Kier molecular flexibility index (Phi) is 12.0. The number of hydrogen-bond donors (Lipinski definition) is 3. The van der Waals surface area contributed by atoms with Crippen LogP contribution in [0.3, 0.4) is 0 Å². The van der Waals surface area contributed by atoms with Gasteiger partial charge in [-0.15, -0.1) is 0 Å². The molecule has 3 N–H and O–H groups in total. The lowest BCUT2D eigenvalue weighted by Gasteiger charge is -2.21. The molecule has 174 valence electrons. The maximum Gasteiger partial charge on any atom is 0.251 e.